The second kappa shape index (κ2) is 8.20. The van der Waals surface area contributed by atoms with E-state index in [4.69, 9.17) is 16.3 Å². The Morgan fingerprint density at radius 2 is 1.96 bits per heavy atom. The molecule has 0 saturated carbocycles. The van der Waals surface area contributed by atoms with Gasteiger partial charge in [-0.15, -0.1) is 0 Å². The predicted octanol–water partition coefficient (Wildman–Crippen LogP) is 4.99. The van der Waals surface area contributed by atoms with E-state index in [9.17, 15) is 4.79 Å². The number of hydrogen-bond donors (Lipinski definition) is 1. The van der Waals surface area contributed by atoms with Crippen molar-refractivity contribution in [3.8, 4) is 5.75 Å². The first-order chi connectivity index (χ1) is 11.4. The van der Waals surface area contributed by atoms with Crippen molar-refractivity contribution in [3.63, 3.8) is 0 Å². The maximum Gasteiger partial charge on any atom is 0.261 e. The summed E-state index contributed by atoms with van der Waals surface area (Å²) in [6.07, 6.45) is 0.0359. The molecule has 0 aliphatic heterocycles. The van der Waals surface area contributed by atoms with Crippen LogP contribution < -0.4 is 10.1 Å². The van der Waals surface area contributed by atoms with E-state index < -0.39 is 6.10 Å². The maximum absolute atomic E-state index is 12.6. The van der Waals surface area contributed by atoms with E-state index in [1.165, 1.54) is 5.56 Å². The van der Waals surface area contributed by atoms with Gasteiger partial charge in [0.1, 0.15) is 5.75 Å². The number of carbonyl (C=O) groups excluding carboxylic acids is 1. The standard InChI is InChI=1S/C20H24ClNO2/c1-5-19(24-17-8-6-7-16(21)12-17)20(23)22-15(4)18-11-13(2)9-10-14(18)3/h6-12,15,19H,5H2,1-4H3,(H,22,23)/t15-,19-/m0/s1. The summed E-state index contributed by atoms with van der Waals surface area (Å²) in [6, 6.07) is 13.3. The van der Waals surface area contributed by atoms with Gasteiger partial charge in [-0.1, -0.05) is 48.4 Å². The molecule has 128 valence electrons. The molecule has 3 nitrogen and oxygen atoms in total. The van der Waals surface area contributed by atoms with Crippen LogP contribution in [0, 0.1) is 13.8 Å². The summed E-state index contributed by atoms with van der Waals surface area (Å²) in [7, 11) is 0. The Morgan fingerprint density at radius 3 is 2.62 bits per heavy atom. The number of benzene rings is 2. The zero-order chi connectivity index (χ0) is 17.7. The molecule has 2 aromatic rings. The molecule has 4 heteroatoms. The largest absolute Gasteiger partial charge is 0.481 e. The van der Waals surface area contributed by atoms with Gasteiger partial charge in [0.15, 0.2) is 6.10 Å². The second-order valence-corrected chi connectivity index (χ2v) is 6.50. The SMILES string of the molecule is CC[C@H](Oc1cccc(Cl)c1)C(=O)N[C@@H](C)c1cc(C)ccc1C. The van der Waals surface area contributed by atoms with Crippen molar-refractivity contribution in [1.29, 1.82) is 0 Å². The molecular weight excluding hydrogens is 322 g/mol. The molecule has 0 bridgehead atoms. The predicted molar refractivity (Wildman–Crippen MR) is 98.6 cm³/mol. The summed E-state index contributed by atoms with van der Waals surface area (Å²) in [5.41, 5.74) is 3.47. The molecule has 0 spiro atoms. The first kappa shape index (κ1) is 18.3. The molecule has 1 N–H and O–H groups in total. The molecule has 0 saturated heterocycles. The normalized spacial score (nSPS) is 13.2. The summed E-state index contributed by atoms with van der Waals surface area (Å²) in [5.74, 6) is 0.481. The number of ether oxygens (including phenoxy) is 1. The van der Waals surface area contributed by atoms with E-state index in [2.05, 4.69) is 37.4 Å². The number of amides is 1. The highest BCUT2D eigenvalue weighted by atomic mass is 35.5. The van der Waals surface area contributed by atoms with Crippen molar-refractivity contribution in [2.45, 2.75) is 46.3 Å². The van der Waals surface area contributed by atoms with Crippen LogP contribution >= 0.6 is 11.6 Å². The smallest absolute Gasteiger partial charge is 0.261 e. The van der Waals surface area contributed by atoms with E-state index >= 15 is 0 Å². The first-order valence-corrected chi connectivity index (χ1v) is 8.58. The third kappa shape index (κ3) is 4.75. The third-order valence-corrected chi connectivity index (χ3v) is 4.23. The Hall–Kier alpha value is -2.00. The van der Waals surface area contributed by atoms with Crippen molar-refractivity contribution in [1.82, 2.24) is 5.32 Å². The summed E-state index contributed by atoms with van der Waals surface area (Å²) >= 11 is 5.97. The van der Waals surface area contributed by atoms with Gasteiger partial charge in [0.05, 0.1) is 6.04 Å². The lowest BCUT2D eigenvalue weighted by atomic mass is 10.00. The van der Waals surface area contributed by atoms with Gasteiger partial charge in [-0.2, -0.15) is 0 Å². The van der Waals surface area contributed by atoms with Gasteiger partial charge in [-0.05, 0) is 56.5 Å². The molecule has 0 unspecified atom stereocenters. The van der Waals surface area contributed by atoms with Crippen LogP contribution in [0.1, 0.15) is 43.0 Å². The van der Waals surface area contributed by atoms with Crippen LogP contribution in [0.2, 0.25) is 5.02 Å². The minimum atomic E-state index is -0.545. The topological polar surface area (TPSA) is 38.3 Å². The summed E-state index contributed by atoms with van der Waals surface area (Å²) in [5, 5.41) is 3.64. The highest BCUT2D eigenvalue weighted by molar-refractivity contribution is 6.30. The lowest BCUT2D eigenvalue weighted by molar-refractivity contribution is -0.128. The van der Waals surface area contributed by atoms with Gasteiger partial charge in [0.25, 0.3) is 5.91 Å². The number of carbonyl (C=O) groups is 1. The average Bonchev–Trinajstić information content (AvgIpc) is 2.54. The molecule has 0 fully saturated rings. The zero-order valence-corrected chi connectivity index (χ0v) is 15.4. The molecule has 2 rings (SSSR count). The lowest BCUT2D eigenvalue weighted by Gasteiger charge is -2.22. The number of nitrogens with one attached hydrogen (secondary N) is 1. The van der Waals surface area contributed by atoms with Crippen molar-refractivity contribution in [2.24, 2.45) is 0 Å². The quantitative estimate of drug-likeness (QED) is 0.800. The monoisotopic (exact) mass is 345 g/mol. The van der Waals surface area contributed by atoms with Gasteiger partial charge < -0.3 is 10.1 Å². The van der Waals surface area contributed by atoms with Crippen molar-refractivity contribution in [2.75, 3.05) is 0 Å². The van der Waals surface area contributed by atoms with Gasteiger partial charge in [0, 0.05) is 5.02 Å². The van der Waals surface area contributed by atoms with E-state index in [0.717, 1.165) is 11.1 Å². The molecule has 2 aromatic carbocycles. The van der Waals surface area contributed by atoms with Crippen LogP contribution in [0.25, 0.3) is 0 Å². The Labute approximate surface area is 149 Å². The van der Waals surface area contributed by atoms with E-state index in [0.29, 0.717) is 17.2 Å². The van der Waals surface area contributed by atoms with Crippen LogP contribution in [0.15, 0.2) is 42.5 Å². The fourth-order valence-corrected chi connectivity index (χ4v) is 2.82. The molecule has 0 radical (unpaired) electrons. The van der Waals surface area contributed by atoms with Crippen LogP contribution in [0.5, 0.6) is 5.75 Å². The van der Waals surface area contributed by atoms with Crippen molar-refractivity contribution in [3.05, 3.63) is 64.2 Å². The molecule has 2 atom stereocenters. The maximum atomic E-state index is 12.6. The van der Waals surface area contributed by atoms with Crippen LogP contribution in [0.3, 0.4) is 0 Å². The molecule has 1 amide bonds. The van der Waals surface area contributed by atoms with Gasteiger partial charge in [0.2, 0.25) is 0 Å². The van der Waals surface area contributed by atoms with Gasteiger partial charge in [-0.3, -0.25) is 4.79 Å². The Kier molecular flexibility index (Phi) is 6.27. The fraction of sp³-hybridized carbons (Fsp3) is 0.350. The van der Waals surface area contributed by atoms with E-state index in [1.807, 2.05) is 13.8 Å². The average molecular weight is 346 g/mol. The Balaban J connectivity index is 2.07. The lowest BCUT2D eigenvalue weighted by Crippen LogP contribution is -2.39. The molecule has 0 aromatic heterocycles. The van der Waals surface area contributed by atoms with Crippen molar-refractivity contribution < 1.29 is 9.53 Å². The minimum absolute atomic E-state index is 0.0746. The van der Waals surface area contributed by atoms with Gasteiger partial charge in [-0.25, -0.2) is 0 Å². The number of halogens is 1. The zero-order valence-electron chi connectivity index (χ0n) is 14.6. The van der Waals surface area contributed by atoms with E-state index in [-0.39, 0.29) is 11.9 Å². The molecule has 0 aliphatic carbocycles. The fourth-order valence-electron chi connectivity index (χ4n) is 2.64. The van der Waals surface area contributed by atoms with Crippen LogP contribution in [0.4, 0.5) is 0 Å². The summed E-state index contributed by atoms with van der Waals surface area (Å²) in [6.45, 7) is 8.02. The summed E-state index contributed by atoms with van der Waals surface area (Å²) in [4.78, 5) is 12.6. The molecule has 0 heterocycles. The summed E-state index contributed by atoms with van der Waals surface area (Å²) < 4.78 is 5.80. The molecular formula is C20H24ClNO2. The number of aryl methyl sites for hydroxylation is 2. The van der Waals surface area contributed by atoms with Gasteiger partial charge >= 0.3 is 0 Å². The van der Waals surface area contributed by atoms with Crippen LogP contribution in [-0.2, 0) is 4.79 Å². The minimum Gasteiger partial charge on any atom is -0.481 e. The third-order valence-electron chi connectivity index (χ3n) is 4.00. The highest BCUT2D eigenvalue weighted by Crippen LogP contribution is 2.21. The first-order valence-electron chi connectivity index (χ1n) is 8.20. The number of hydrogen-bond acceptors (Lipinski definition) is 2. The second-order valence-electron chi connectivity index (χ2n) is 6.06. The number of rotatable bonds is 6. The Bertz CT molecular complexity index is 715. The van der Waals surface area contributed by atoms with Crippen LogP contribution in [-0.4, -0.2) is 12.0 Å². The molecule has 0 aliphatic rings. The van der Waals surface area contributed by atoms with E-state index in [1.54, 1.807) is 24.3 Å². The Morgan fingerprint density at radius 1 is 1.21 bits per heavy atom. The highest BCUT2D eigenvalue weighted by Gasteiger charge is 2.21. The van der Waals surface area contributed by atoms with Crippen molar-refractivity contribution >= 4 is 17.5 Å². The molecule has 24 heavy (non-hydrogen) atoms.